The van der Waals surface area contributed by atoms with Crippen molar-refractivity contribution in [3.8, 4) is 89.0 Å². The van der Waals surface area contributed by atoms with Crippen LogP contribution in [-0.4, -0.2) is 0 Å². The summed E-state index contributed by atoms with van der Waals surface area (Å²) in [5.41, 5.74) is 23.5. The van der Waals surface area contributed by atoms with Gasteiger partial charge in [0.15, 0.2) is 0 Å². The lowest BCUT2D eigenvalue weighted by molar-refractivity contribution is 1.47. The van der Waals surface area contributed by atoms with Crippen molar-refractivity contribution in [3.05, 3.63) is 242 Å². The summed E-state index contributed by atoms with van der Waals surface area (Å²) in [5.74, 6) is 0. The molecule has 0 unspecified atom stereocenters. The molecule has 15 aromatic rings. The van der Waals surface area contributed by atoms with Crippen LogP contribution in [0, 0.1) is 13.8 Å². The summed E-state index contributed by atoms with van der Waals surface area (Å²) >= 11 is 0. The first-order valence-electron chi connectivity index (χ1n) is 26.1. The first-order chi connectivity index (χ1) is 36.6. The zero-order valence-electron chi connectivity index (χ0n) is 40.9. The zero-order chi connectivity index (χ0) is 48.5. The quantitative estimate of drug-likeness (QED) is 0.122. The van der Waals surface area contributed by atoms with Crippen LogP contribution in [0.1, 0.15) is 11.1 Å². The predicted molar refractivity (Wildman–Crippen MR) is 318 cm³/mol. The average molecular weight is 933 g/mol. The minimum absolute atomic E-state index is 1.24. The van der Waals surface area contributed by atoms with E-state index in [9.17, 15) is 0 Å². The van der Waals surface area contributed by atoms with Gasteiger partial charge in [0.2, 0.25) is 0 Å². The fourth-order valence-electron chi connectivity index (χ4n) is 14.2. The summed E-state index contributed by atoms with van der Waals surface area (Å²) in [7, 11) is 0. The van der Waals surface area contributed by atoms with Gasteiger partial charge in [0.25, 0.3) is 0 Å². The Labute approximate surface area is 428 Å². The van der Waals surface area contributed by atoms with Crippen molar-refractivity contribution >= 4 is 86.2 Å². The number of fused-ring (bicyclic) bond motifs is 12. The van der Waals surface area contributed by atoms with Crippen molar-refractivity contribution in [2.45, 2.75) is 13.8 Å². The number of hydrogen-bond donors (Lipinski definition) is 0. The maximum atomic E-state index is 2.48. The number of hydrogen-bond acceptors (Lipinski definition) is 0. The van der Waals surface area contributed by atoms with Gasteiger partial charge in [-0.2, -0.15) is 0 Å². The first kappa shape index (κ1) is 40.3. The highest BCUT2D eigenvalue weighted by atomic mass is 14.4. The van der Waals surface area contributed by atoms with Gasteiger partial charge in [0.1, 0.15) is 0 Å². The standard InChI is InChI=1S/C74H44/c1-41-17-9-15-27-49(41)65-61-39-47-25-13-11-23-45(47)37-59(61)63(43-19-5-3-6-20-43)71-55-33-29-51-52-30-34-56-70-58(36-32-54(68(52)70)53-31-35-57(73(65)71)69(55)67(51)53)74-66(50-28-16-10-18-42(50)2)62-40-48-26-14-12-24-46(48)38-60(62)64(72(56)74)44-21-7-4-8-22-44/h3-40H,1-2H3. The Morgan fingerprint density at radius 3 is 0.811 bits per heavy atom. The van der Waals surface area contributed by atoms with Crippen LogP contribution in [-0.2, 0) is 0 Å². The lowest BCUT2D eigenvalue weighted by Gasteiger charge is -2.22. The number of rotatable bonds is 4. The lowest BCUT2D eigenvalue weighted by Crippen LogP contribution is -1.95. The fourth-order valence-corrected chi connectivity index (χ4v) is 14.2. The summed E-state index contributed by atoms with van der Waals surface area (Å²) in [6, 6.07) is 87.7. The molecule has 0 radical (unpaired) electrons. The summed E-state index contributed by atoms with van der Waals surface area (Å²) in [6.45, 7) is 4.55. The minimum Gasteiger partial charge on any atom is -0.0622 e. The van der Waals surface area contributed by atoms with E-state index in [0.717, 1.165) is 0 Å². The molecule has 0 nitrogen and oxygen atoms in total. The Balaban J connectivity index is 1.02. The van der Waals surface area contributed by atoms with E-state index in [0.29, 0.717) is 0 Å². The van der Waals surface area contributed by atoms with E-state index >= 15 is 0 Å². The molecule has 0 aromatic heterocycles. The van der Waals surface area contributed by atoms with E-state index in [1.54, 1.807) is 0 Å². The number of aryl methyl sites for hydroxylation is 2. The van der Waals surface area contributed by atoms with Gasteiger partial charge in [-0.25, -0.2) is 0 Å². The van der Waals surface area contributed by atoms with Gasteiger partial charge in [-0.1, -0.05) is 206 Å². The van der Waals surface area contributed by atoms with Crippen molar-refractivity contribution < 1.29 is 0 Å². The van der Waals surface area contributed by atoms with Crippen molar-refractivity contribution in [1.82, 2.24) is 0 Å². The minimum atomic E-state index is 1.24. The summed E-state index contributed by atoms with van der Waals surface area (Å²) in [5, 5.41) is 20.9. The molecule has 0 atom stereocenters. The zero-order valence-corrected chi connectivity index (χ0v) is 40.9. The topological polar surface area (TPSA) is 0 Å². The molecule has 17 rings (SSSR count). The normalized spacial score (nSPS) is 12.5. The third kappa shape index (κ3) is 5.17. The van der Waals surface area contributed by atoms with E-state index in [2.05, 4.69) is 244 Å². The smallest absolute Gasteiger partial charge is 0.000730 e. The number of benzene rings is 15. The second kappa shape index (κ2) is 14.6. The Bertz CT molecular complexity index is 4660. The Hall–Kier alpha value is -9.36. The molecule has 0 amide bonds. The molecule has 0 N–H and O–H groups in total. The molecule has 0 saturated carbocycles. The second-order valence-corrected chi connectivity index (χ2v) is 21.0. The van der Waals surface area contributed by atoms with Gasteiger partial charge in [-0.3, -0.25) is 0 Å². The van der Waals surface area contributed by atoms with Gasteiger partial charge < -0.3 is 0 Å². The van der Waals surface area contributed by atoms with Crippen molar-refractivity contribution in [1.29, 1.82) is 0 Å². The average Bonchev–Trinajstić information content (AvgIpc) is 4.11. The fraction of sp³-hybridized carbons (Fsp3) is 0.0270. The van der Waals surface area contributed by atoms with Crippen molar-refractivity contribution in [2.75, 3.05) is 0 Å². The van der Waals surface area contributed by atoms with Crippen LogP contribution >= 0.6 is 0 Å². The highest BCUT2D eigenvalue weighted by molar-refractivity contribution is 6.42. The van der Waals surface area contributed by atoms with E-state index in [1.807, 2.05) is 0 Å². The molecule has 0 spiro atoms. The van der Waals surface area contributed by atoms with Gasteiger partial charge in [-0.05, 0) is 224 Å². The Morgan fingerprint density at radius 1 is 0.189 bits per heavy atom. The maximum Gasteiger partial charge on any atom is -0.000730 e. The summed E-state index contributed by atoms with van der Waals surface area (Å²) < 4.78 is 0. The van der Waals surface area contributed by atoms with Crippen LogP contribution in [0.3, 0.4) is 0 Å². The molecule has 2 aliphatic rings. The molecule has 15 aromatic carbocycles. The molecular weight excluding hydrogens is 889 g/mol. The molecule has 2 aliphatic carbocycles. The SMILES string of the molecule is Cc1ccccc1-c1c2c(c(-c3ccccc3)c3cc4ccccc4cc13)-c1ccc3c4ccc5c6c(ccc(c7ccc-2c1c37)c64)-c1c-5c(-c2ccccc2)c2cc3ccccc3cc2c1-c1ccccc1C. The predicted octanol–water partition coefficient (Wildman–Crippen LogP) is 20.9. The van der Waals surface area contributed by atoms with Crippen LogP contribution in [0.5, 0.6) is 0 Å². The first-order valence-corrected chi connectivity index (χ1v) is 26.1. The van der Waals surface area contributed by atoms with Gasteiger partial charge in [0, 0.05) is 0 Å². The Kier molecular flexibility index (Phi) is 7.96. The van der Waals surface area contributed by atoms with E-state index in [4.69, 9.17) is 0 Å². The molecule has 0 heterocycles. The van der Waals surface area contributed by atoms with E-state index in [-0.39, 0.29) is 0 Å². The maximum absolute atomic E-state index is 2.48. The van der Waals surface area contributed by atoms with E-state index in [1.165, 1.54) is 186 Å². The lowest BCUT2D eigenvalue weighted by atomic mass is 9.81. The van der Waals surface area contributed by atoms with Crippen LogP contribution in [0.4, 0.5) is 0 Å². The molecular formula is C74H44. The van der Waals surface area contributed by atoms with Gasteiger partial charge in [-0.15, -0.1) is 0 Å². The molecule has 0 fully saturated rings. The highest BCUT2D eigenvalue weighted by Crippen LogP contribution is 2.63. The van der Waals surface area contributed by atoms with Gasteiger partial charge in [0.05, 0.1) is 0 Å². The molecule has 0 saturated heterocycles. The largest absolute Gasteiger partial charge is 0.0622 e. The van der Waals surface area contributed by atoms with Crippen LogP contribution in [0.15, 0.2) is 231 Å². The summed E-state index contributed by atoms with van der Waals surface area (Å²) in [6.07, 6.45) is 0. The molecule has 340 valence electrons. The van der Waals surface area contributed by atoms with Crippen molar-refractivity contribution in [2.24, 2.45) is 0 Å². The summed E-state index contributed by atoms with van der Waals surface area (Å²) in [4.78, 5) is 0. The second-order valence-electron chi connectivity index (χ2n) is 21.0. The molecule has 74 heavy (non-hydrogen) atoms. The van der Waals surface area contributed by atoms with Gasteiger partial charge >= 0.3 is 0 Å². The molecule has 0 heteroatoms. The third-order valence-electron chi connectivity index (χ3n) is 17.3. The third-order valence-corrected chi connectivity index (χ3v) is 17.3. The highest BCUT2D eigenvalue weighted by Gasteiger charge is 2.36. The molecule has 0 bridgehead atoms. The van der Waals surface area contributed by atoms with Crippen molar-refractivity contribution in [3.63, 3.8) is 0 Å². The van der Waals surface area contributed by atoms with Crippen LogP contribution in [0.2, 0.25) is 0 Å². The monoisotopic (exact) mass is 932 g/mol. The molecule has 0 aliphatic heterocycles. The van der Waals surface area contributed by atoms with Crippen LogP contribution < -0.4 is 0 Å². The van der Waals surface area contributed by atoms with Crippen LogP contribution in [0.25, 0.3) is 175 Å². The van der Waals surface area contributed by atoms with E-state index < -0.39 is 0 Å². The Morgan fingerprint density at radius 2 is 0.473 bits per heavy atom.